The molecule has 0 N–H and O–H groups in total. The highest BCUT2D eigenvalue weighted by Gasteiger charge is 2.21. The van der Waals surface area contributed by atoms with E-state index in [4.69, 9.17) is 0 Å². The second-order valence-corrected chi connectivity index (χ2v) is 7.71. The first-order valence-electron chi connectivity index (χ1n) is 6.80. The standard InChI is InChI=1S/C16H16N2OS2/c1-10(2)20-14-12-6-4-5-7-13(12)21-15(14)16(19)18-9-8-17-11(18)3/h4-10H,1-3H3. The van der Waals surface area contributed by atoms with Crippen molar-refractivity contribution in [1.82, 2.24) is 9.55 Å². The Morgan fingerprint density at radius 2 is 2.10 bits per heavy atom. The Bertz CT molecular complexity index is 802. The molecule has 2 aromatic heterocycles. The second kappa shape index (κ2) is 5.66. The van der Waals surface area contributed by atoms with E-state index in [2.05, 4.69) is 31.0 Å². The quantitative estimate of drug-likeness (QED) is 0.663. The summed E-state index contributed by atoms with van der Waals surface area (Å²) in [5.41, 5.74) is 0. The SMILES string of the molecule is Cc1nccn1C(=O)c1sc2ccccc2c1SC(C)C. The molecule has 0 aliphatic heterocycles. The number of fused-ring (bicyclic) bond motifs is 1. The van der Waals surface area contributed by atoms with Gasteiger partial charge in [-0.05, 0) is 13.0 Å². The van der Waals surface area contributed by atoms with E-state index >= 15 is 0 Å². The Hall–Kier alpha value is -1.59. The minimum Gasteiger partial charge on any atom is -0.269 e. The van der Waals surface area contributed by atoms with Crippen molar-refractivity contribution in [3.63, 3.8) is 0 Å². The van der Waals surface area contributed by atoms with Crippen LogP contribution >= 0.6 is 23.1 Å². The Balaban J connectivity index is 2.17. The van der Waals surface area contributed by atoms with E-state index in [1.165, 1.54) is 5.39 Å². The average Bonchev–Trinajstić information content (AvgIpc) is 3.02. The fraction of sp³-hybridized carbons (Fsp3) is 0.250. The van der Waals surface area contributed by atoms with Crippen LogP contribution in [0, 0.1) is 6.92 Å². The third-order valence-corrected chi connectivity index (χ3v) is 5.56. The van der Waals surface area contributed by atoms with Crippen LogP contribution in [0.15, 0.2) is 41.6 Å². The van der Waals surface area contributed by atoms with E-state index < -0.39 is 0 Å². The molecular weight excluding hydrogens is 300 g/mol. The first-order valence-corrected chi connectivity index (χ1v) is 8.50. The average molecular weight is 316 g/mol. The molecule has 0 bridgehead atoms. The van der Waals surface area contributed by atoms with Gasteiger partial charge in [0.15, 0.2) is 0 Å². The number of nitrogens with zero attached hydrogens (tertiary/aromatic N) is 2. The summed E-state index contributed by atoms with van der Waals surface area (Å²) in [6.07, 6.45) is 3.39. The topological polar surface area (TPSA) is 34.9 Å². The summed E-state index contributed by atoms with van der Waals surface area (Å²) < 4.78 is 2.77. The molecule has 3 rings (SSSR count). The van der Waals surface area contributed by atoms with Crippen molar-refractivity contribution in [3.8, 4) is 0 Å². The lowest BCUT2D eigenvalue weighted by Crippen LogP contribution is -2.12. The van der Waals surface area contributed by atoms with Gasteiger partial charge in [0.1, 0.15) is 10.7 Å². The van der Waals surface area contributed by atoms with Crippen LogP contribution < -0.4 is 0 Å². The maximum Gasteiger partial charge on any atom is 0.274 e. The van der Waals surface area contributed by atoms with Gasteiger partial charge in [-0.25, -0.2) is 4.98 Å². The van der Waals surface area contributed by atoms with Gasteiger partial charge in [0, 0.05) is 32.6 Å². The molecule has 1 aromatic carbocycles. The summed E-state index contributed by atoms with van der Waals surface area (Å²) in [4.78, 5) is 18.9. The smallest absolute Gasteiger partial charge is 0.269 e. The van der Waals surface area contributed by atoms with Crippen molar-refractivity contribution in [2.45, 2.75) is 30.9 Å². The number of hydrogen-bond donors (Lipinski definition) is 0. The highest BCUT2D eigenvalue weighted by molar-refractivity contribution is 8.00. The lowest BCUT2D eigenvalue weighted by Gasteiger charge is -2.08. The largest absolute Gasteiger partial charge is 0.274 e. The molecule has 3 nitrogen and oxygen atoms in total. The van der Waals surface area contributed by atoms with Crippen molar-refractivity contribution in [2.75, 3.05) is 0 Å². The molecule has 5 heteroatoms. The van der Waals surface area contributed by atoms with E-state index in [1.807, 2.05) is 19.1 Å². The number of thiophene rings is 1. The zero-order chi connectivity index (χ0) is 15.0. The minimum absolute atomic E-state index is 0.00866. The summed E-state index contributed by atoms with van der Waals surface area (Å²) in [6, 6.07) is 8.20. The number of aryl methyl sites for hydroxylation is 1. The van der Waals surface area contributed by atoms with Crippen molar-refractivity contribution < 1.29 is 4.79 Å². The molecule has 0 amide bonds. The number of carbonyl (C=O) groups excluding carboxylic acids is 1. The Labute approximate surface area is 132 Å². The molecule has 0 radical (unpaired) electrons. The number of benzene rings is 1. The normalized spacial score (nSPS) is 11.4. The van der Waals surface area contributed by atoms with Crippen LogP contribution in [0.3, 0.4) is 0 Å². The van der Waals surface area contributed by atoms with Gasteiger partial charge >= 0.3 is 0 Å². The van der Waals surface area contributed by atoms with Crippen LogP contribution in [-0.2, 0) is 0 Å². The molecular formula is C16H16N2OS2. The van der Waals surface area contributed by atoms with E-state index in [0.29, 0.717) is 5.25 Å². The monoisotopic (exact) mass is 316 g/mol. The number of aromatic nitrogens is 2. The summed E-state index contributed by atoms with van der Waals surface area (Å²) in [6.45, 7) is 6.14. The van der Waals surface area contributed by atoms with E-state index in [1.54, 1.807) is 40.1 Å². The maximum absolute atomic E-state index is 12.8. The predicted molar refractivity (Wildman–Crippen MR) is 89.5 cm³/mol. The molecule has 0 saturated carbocycles. The van der Waals surface area contributed by atoms with E-state index in [-0.39, 0.29) is 5.91 Å². The summed E-state index contributed by atoms with van der Waals surface area (Å²) in [7, 11) is 0. The van der Waals surface area contributed by atoms with Gasteiger partial charge in [0.2, 0.25) is 0 Å². The van der Waals surface area contributed by atoms with Crippen molar-refractivity contribution >= 4 is 39.1 Å². The molecule has 0 unspecified atom stereocenters. The Morgan fingerprint density at radius 3 is 2.76 bits per heavy atom. The van der Waals surface area contributed by atoms with Crippen LogP contribution in [0.25, 0.3) is 10.1 Å². The lowest BCUT2D eigenvalue weighted by atomic mass is 10.2. The van der Waals surface area contributed by atoms with Gasteiger partial charge in [0.05, 0.1) is 0 Å². The molecule has 0 saturated heterocycles. The molecule has 3 aromatic rings. The number of hydrogen-bond acceptors (Lipinski definition) is 4. The fourth-order valence-electron chi connectivity index (χ4n) is 2.22. The van der Waals surface area contributed by atoms with Crippen molar-refractivity contribution in [2.24, 2.45) is 0 Å². The maximum atomic E-state index is 12.8. The molecule has 0 aliphatic carbocycles. The van der Waals surface area contributed by atoms with Crippen LogP contribution in [0.4, 0.5) is 0 Å². The molecule has 0 atom stereocenters. The zero-order valence-electron chi connectivity index (χ0n) is 12.2. The number of rotatable bonds is 3. The molecule has 0 aliphatic rings. The zero-order valence-corrected chi connectivity index (χ0v) is 13.8. The third kappa shape index (κ3) is 2.63. The second-order valence-electron chi connectivity index (χ2n) is 5.07. The van der Waals surface area contributed by atoms with E-state index in [9.17, 15) is 4.79 Å². The van der Waals surface area contributed by atoms with Crippen LogP contribution in [-0.4, -0.2) is 20.7 Å². The van der Waals surface area contributed by atoms with Gasteiger partial charge in [-0.15, -0.1) is 23.1 Å². The number of carbonyl (C=O) groups is 1. The number of imidazole rings is 1. The minimum atomic E-state index is 0.00866. The number of thioether (sulfide) groups is 1. The predicted octanol–water partition coefficient (Wildman–Crippen LogP) is 4.60. The summed E-state index contributed by atoms with van der Waals surface area (Å²) in [5.74, 6) is 0.729. The summed E-state index contributed by atoms with van der Waals surface area (Å²) in [5, 5.41) is 1.60. The van der Waals surface area contributed by atoms with Gasteiger partial charge in [0.25, 0.3) is 5.91 Å². The Kier molecular flexibility index (Phi) is 3.87. The van der Waals surface area contributed by atoms with Crippen LogP contribution in [0.2, 0.25) is 0 Å². The third-order valence-electron chi connectivity index (χ3n) is 3.14. The highest BCUT2D eigenvalue weighted by atomic mass is 32.2. The fourth-order valence-corrected chi connectivity index (χ4v) is 4.56. The van der Waals surface area contributed by atoms with E-state index in [0.717, 1.165) is 20.3 Å². The van der Waals surface area contributed by atoms with Gasteiger partial charge in [-0.3, -0.25) is 9.36 Å². The molecule has 21 heavy (non-hydrogen) atoms. The lowest BCUT2D eigenvalue weighted by molar-refractivity contribution is 0.0959. The van der Waals surface area contributed by atoms with Gasteiger partial charge in [-0.1, -0.05) is 32.0 Å². The molecule has 108 valence electrons. The first-order chi connectivity index (χ1) is 10.1. The van der Waals surface area contributed by atoms with Gasteiger partial charge in [-0.2, -0.15) is 0 Å². The Morgan fingerprint density at radius 1 is 1.33 bits per heavy atom. The van der Waals surface area contributed by atoms with Crippen LogP contribution in [0.5, 0.6) is 0 Å². The molecule has 0 fully saturated rings. The first kappa shape index (κ1) is 14.4. The molecule has 0 spiro atoms. The highest BCUT2D eigenvalue weighted by Crippen LogP contribution is 2.40. The summed E-state index contributed by atoms with van der Waals surface area (Å²) >= 11 is 3.31. The van der Waals surface area contributed by atoms with Crippen LogP contribution in [0.1, 0.15) is 29.3 Å². The molecule has 2 heterocycles. The van der Waals surface area contributed by atoms with Crippen molar-refractivity contribution in [1.29, 1.82) is 0 Å². The van der Waals surface area contributed by atoms with Crippen molar-refractivity contribution in [3.05, 3.63) is 47.4 Å². The van der Waals surface area contributed by atoms with Gasteiger partial charge < -0.3 is 0 Å².